The summed E-state index contributed by atoms with van der Waals surface area (Å²) in [5.41, 5.74) is 8.59. The molecule has 0 aliphatic carbocycles. The maximum Gasteiger partial charge on any atom is 0.216 e. The van der Waals surface area contributed by atoms with E-state index in [0.717, 1.165) is 11.2 Å². The Kier molecular flexibility index (Phi) is 4.27. The molecule has 4 N–H and O–H groups in total. The molecule has 10 heteroatoms. The third-order valence-corrected chi connectivity index (χ3v) is 3.51. The van der Waals surface area contributed by atoms with Gasteiger partial charge in [-0.15, -0.1) is 0 Å². The molecule has 0 aliphatic rings. The van der Waals surface area contributed by atoms with Crippen LogP contribution in [0.15, 0.2) is 17.0 Å². The molecule has 1 amide bonds. The van der Waals surface area contributed by atoms with Crippen LogP contribution in [0.5, 0.6) is 0 Å². The monoisotopic (exact) mass is 330 g/mol. The number of imidazole rings is 1. The smallest absolute Gasteiger partial charge is 0.216 e. The molecule has 0 spiro atoms. The van der Waals surface area contributed by atoms with E-state index in [1.165, 1.54) is 6.92 Å². The molecule has 0 atom stereocenters. The lowest BCUT2D eigenvalue weighted by Crippen LogP contribution is -2.26. The molecule has 0 saturated carbocycles. The number of pyridine rings is 1. The first-order valence-corrected chi connectivity index (χ1v) is 7.52. The van der Waals surface area contributed by atoms with Gasteiger partial charge in [-0.3, -0.25) is 9.78 Å². The predicted octanol–water partition coefficient (Wildman–Crippen LogP) is 0.631. The summed E-state index contributed by atoms with van der Waals surface area (Å²) in [7, 11) is 0. The fraction of sp³-hybridized carbons (Fsp3) is 0.357. The number of nitrogens with two attached hydrogens (primary N) is 1. The quantitative estimate of drug-likeness (QED) is 0.560. The van der Waals surface area contributed by atoms with Gasteiger partial charge in [0.05, 0.1) is 23.6 Å². The number of nitrogens with one attached hydrogen (secondary N) is 2. The van der Waals surface area contributed by atoms with Crippen LogP contribution in [0.1, 0.15) is 13.8 Å². The molecule has 0 fully saturated rings. The zero-order valence-electron chi connectivity index (χ0n) is 13.4. The highest BCUT2D eigenvalue weighted by Crippen LogP contribution is 2.29. The van der Waals surface area contributed by atoms with E-state index < -0.39 is 0 Å². The van der Waals surface area contributed by atoms with Gasteiger partial charge >= 0.3 is 0 Å². The van der Waals surface area contributed by atoms with E-state index >= 15 is 0 Å². The van der Waals surface area contributed by atoms with Crippen molar-refractivity contribution >= 4 is 28.4 Å². The van der Waals surface area contributed by atoms with Crippen LogP contribution in [0.2, 0.25) is 0 Å². The third-order valence-electron chi connectivity index (χ3n) is 3.51. The fourth-order valence-electron chi connectivity index (χ4n) is 2.49. The van der Waals surface area contributed by atoms with Crippen molar-refractivity contribution in [2.45, 2.75) is 20.4 Å². The molecule has 24 heavy (non-hydrogen) atoms. The molecule has 3 aromatic heterocycles. The lowest BCUT2D eigenvalue weighted by molar-refractivity contribution is -0.118. The van der Waals surface area contributed by atoms with Crippen LogP contribution in [-0.4, -0.2) is 43.8 Å². The molecular formula is C14H18N8O2. The van der Waals surface area contributed by atoms with Gasteiger partial charge in [-0.2, -0.15) is 0 Å². The van der Waals surface area contributed by atoms with E-state index in [0.29, 0.717) is 36.7 Å². The molecule has 3 aromatic rings. The zero-order chi connectivity index (χ0) is 17.1. The lowest BCUT2D eigenvalue weighted by atomic mass is 10.3. The van der Waals surface area contributed by atoms with Crippen LogP contribution in [0.25, 0.3) is 22.6 Å². The number of aryl methyl sites for hydroxylation is 1. The summed E-state index contributed by atoms with van der Waals surface area (Å²) in [5.74, 6) is 0.695. The molecule has 0 unspecified atom stereocenters. The second-order valence-electron chi connectivity index (χ2n) is 5.14. The van der Waals surface area contributed by atoms with Crippen molar-refractivity contribution in [1.29, 1.82) is 0 Å². The van der Waals surface area contributed by atoms with Gasteiger partial charge in [-0.05, 0) is 17.2 Å². The molecule has 3 rings (SSSR count). The largest absolute Gasteiger partial charge is 0.380 e. The second kappa shape index (κ2) is 6.52. The maximum atomic E-state index is 10.9. The SMILES string of the molecule is CCn1c(-c2nonc2N)nc2cncc(NCCNC(C)=O)c21. The zero-order valence-corrected chi connectivity index (χ0v) is 13.4. The molecule has 0 aliphatic heterocycles. The highest BCUT2D eigenvalue weighted by atomic mass is 16.6. The topological polar surface area (TPSA) is 137 Å². The van der Waals surface area contributed by atoms with Gasteiger partial charge in [0.25, 0.3) is 0 Å². The molecule has 0 aromatic carbocycles. The van der Waals surface area contributed by atoms with Gasteiger partial charge in [0.1, 0.15) is 5.52 Å². The van der Waals surface area contributed by atoms with Gasteiger partial charge in [0.2, 0.25) is 5.91 Å². The molecule has 0 bridgehead atoms. The first-order chi connectivity index (χ1) is 11.6. The normalized spacial score (nSPS) is 10.9. The number of amides is 1. The van der Waals surface area contributed by atoms with Crippen LogP contribution in [-0.2, 0) is 11.3 Å². The van der Waals surface area contributed by atoms with Crippen LogP contribution in [0.3, 0.4) is 0 Å². The Balaban J connectivity index is 1.98. The lowest BCUT2D eigenvalue weighted by Gasteiger charge is -2.10. The molecule has 0 radical (unpaired) electrons. The van der Waals surface area contributed by atoms with Gasteiger partial charge in [0.15, 0.2) is 17.3 Å². The fourth-order valence-corrected chi connectivity index (χ4v) is 2.49. The molecule has 0 saturated heterocycles. The minimum Gasteiger partial charge on any atom is -0.380 e. The van der Waals surface area contributed by atoms with Crippen molar-refractivity contribution in [2.75, 3.05) is 24.1 Å². The average Bonchev–Trinajstić information content (AvgIpc) is 3.14. The van der Waals surface area contributed by atoms with Crippen LogP contribution < -0.4 is 16.4 Å². The van der Waals surface area contributed by atoms with Crippen molar-refractivity contribution in [2.24, 2.45) is 0 Å². The minimum atomic E-state index is -0.0666. The number of hydrogen-bond acceptors (Lipinski definition) is 8. The number of nitrogen functional groups attached to an aromatic ring is 1. The van der Waals surface area contributed by atoms with E-state index in [2.05, 4.69) is 35.5 Å². The Morgan fingerprint density at radius 2 is 2.17 bits per heavy atom. The minimum absolute atomic E-state index is 0.0666. The number of fused-ring (bicyclic) bond motifs is 1. The van der Waals surface area contributed by atoms with E-state index in [4.69, 9.17) is 5.73 Å². The van der Waals surface area contributed by atoms with Crippen molar-refractivity contribution in [3.8, 4) is 11.5 Å². The van der Waals surface area contributed by atoms with E-state index in [1.54, 1.807) is 12.4 Å². The van der Waals surface area contributed by atoms with Crippen LogP contribution >= 0.6 is 0 Å². The van der Waals surface area contributed by atoms with Gasteiger partial charge in [-0.1, -0.05) is 0 Å². The van der Waals surface area contributed by atoms with Crippen LogP contribution in [0, 0.1) is 0 Å². The Labute approximate surface area is 137 Å². The summed E-state index contributed by atoms with van der Waals surface area (Å²) in [6, 6.07) is 0. The van der Waals surface area contributed by atoms with Gasteiger partial charge in [0, 0.05) is 26.6 Å². The summed E-state index contributed by atoms with van der Waals surface area (Å²) in [5, 5.41) is 13.4. The predicted molar refractivity (Wildman–Crippen MR) is 88.1 cm³/mol. The summed E-state index contributed by atoms with van der Waals surface area (Å²) in [6.45, 7) is 5.21. The Hall–Kier alpha value is -3.17. The Morgan fingerprint density at radius 1 is 1.33 bits per heavy atom. The van der Waals surface area contributed by atoms with Crippen molar-refractivity contribution in [3.63, 3.8) is 0 Å². The van der Waals surface area contributed by atoms with Crippen molar-refractivity contribution in [1.82, 2.24) is 30.2 Å². The highest BCUT2D eigenvalue weighted by molar-refractivity contribution is 5.90. The highest BCUT2D eigenvalue weighted by Gasteiger charge is 2.20. The van der Waals surface area contributed by atoms with E-state index in [-0.39, 0.29) is 11.7 Å². The Bertz CT molecular complexity index is 869. The summed E-state index contributed by atoms with van der Waals surface area (Å²) in [4.78, 5) is 19.7. The number of anilines is 2. The molecule has 10 nitrogen and oxygen atoms in total. The van der Waals surface area contributed by atoms with E-state index in [1.807, 2.05) is 11.5 Å². The third kappa shape index (κ3) is 2.85. The average molecular weight is 330 g/mol. The maximum absolute atomic E-state index is 10.9. The standard InChI is InChI=1S/C14H18N8O2/c1-3-22-12-9(18-5-4-17-8(2)23)6-16-7-10(12)19-14(22)11-13(15)21-24-20-11/h6-7,18H,3-5H2,1-2H3,(H2,15,21)(H,17,23). The molecular weight excluding hydrogens is 312 g/mol. The first-order valence-electron chi connectivity index (χ1n) is 7.52. The van der Waals surface area contributed by atoms with Gasteiger partial charge < -0.3 is 20.9 Å². The summed E-state index contributed by atoms with van der Waals surface area (Å²) in [6.07, 6.45) is 3.39. The Morgan fingerprint density at radius 3 is 2.83 bits per heavy atom. The van der Waals surface area contributed by atoms with Crippen LogP contribution in [0.4, 0.5) is 11.5 Å². The number of rotatable bonds is 6. The second-order valence-corrected chi connectivity index (χ2v) is 5.14. The van der Waals surface area contributed by atoms with E-state index in [9.17, 15) is 4.79 Å². The van der Waals surface area contributed by atoms with Crippen molar-refractivity contribution in [3.05, 3.63) is 12.4 Å². The molecule has 3 heterocycles. The van der Waals surface area contributed by atoms with Gasteiger partial charge in [-0.25, -0.2) is 9.61 Å². The number of nitrogens with zero attached hydrogens (tertiary/aromatic N) is 5. The summed E-state index contributed by atoms with van der Waals surface area (Å²) >= 11 is 0. The summed E-state index contributed by atoms with van der Waals surface area (Å²) < 4.78 is 6.64. The number of aromatic nitrogens is 5. The first kappa shape index (κ1) is 15.7. The number of carbonyl (C=O) groups is 1. The van der Waals surface area contributed by atoms with Crippen molar-refractivity contribution < 1.29 is 9.42 Å². The number of carbonyl (C=O) groups excluding carboxylic acids is 1. The number of hydrogen-bond donors (Lipinski definition) is 3. The molecule has 126 valence electrons.